The number of nitrogens with two attached hydrogens (primary N) is 1. The lowest BCUT2D eigenvalue weighted by Gasteiger charge is -2.19. The Bertz CT molecular complexity index is 4450. The summed E-state index contributed by atoms with van der Waals surface area (Å²) in [5.74, 6) is -2.97. The lowest BCUT2D eigenvalue weighted by Crippen LogP contribution is -2.24. The molecule has 0 aliphatic heterocycles. The predicted octanol–water partition coefficient (Wildman–Crippen LogP) is 20.4. The highest BCUT2D eigenvalue weighted by atomic mass is 127. The van der Waals surface area contributed by atoms with Crippen LogP contribution in [-0.2, 0) is 0 Å². The highest BCUT2D eigenvalue weighted by Gasteiger charge is 2.45. The Morgan fingerprint density at radius 1 is 0.431 bits per heavy atom. The van der Waals surface area contributed by atoms with Crippen LogP contribution in [0.1, 0.15) is 125 Å². The van der Waals surface area contributed by atoms with Crippen LogP contribution in [0.3, 0.4) is 0 Å². The van der Waals surface area contributed by atoms with Gasteiger partial charge in [0.05, 0.1) is 19.7 Å². The second-order valence-electron chi connectivity index (χ2n) is 23.8. The number of halogens is 15. The van der Waals surface area contributed by atoms with E-state index in [4.69, 9.17) is 75.3 Å². The van der Waals surface area contributed by atoms with Gasteiger partial charge in [0.1, 0.15) is 0 Å². The van der Waals surface area contributed by atoms with Crippen molar-refractivity contribution in [2.45, 2.75) is 148 Å². The fourth-order valence-electron chi connectivity index (χ4n) is 10.0. The molecular weight excluding hydrogens is 1760 g/mol. The van der Waals surface area contributed by atoms with E-state index in [1.54, 1.807) is 24.1 Å². The summed E-state index contributed by atoms with van der Waals surface area (Å²) in [5.41, 5.74) is 6.91. The number of nitrogens with zero attached hydrogens (tertiary/aromatic N) is 13. The van der Waals surface area contributed by atoms with Gasteiger partial charge in [0.15, 0.2) is 67.2 Å². The third kappa shape index (κ3) is 26.4. The first-order valence-electron chi connectivity index (χ1n) is 32.7. The minimum atomic E-state index is -0.914. The molecule has 4 fully saturated rings. The summed E-state index contributed by atoms with van der Waals surface area (Å²) < 4.78 is 104. The monoisotopic (exact) mass is 1830 g/mol. The van der Waals surface area contributed by atoms with E-state index in [9.17, 15) is 75.6 Å². The molecule has 0 bridgehead atoms. The average Bonchev–Trinajstić information content (AvgIpc) is 1.62. The van der Waals surface area contributed by atoms with Gasteiger partial charge in [0.2, 0.25) is 42.6 Å². The number of anilines is 2. The van der Waals surface area contributed by atoms with Gasteiger partial charge in [0, 0.05) is 77.9 Å². The topological polar surface area (TPSA) is 329 Å². The van der Waals surface area contributed by atoms with E-state index < -0.39 is 77.6 Å². The second kappa shape index (κ2) is 43.0. The standard InChI is InChI=1S/C17H17ClF2N4O2S.C16H15ClF2N4O2S.C10H11F2N.C9H9F2N.2C7H7Cl2N3O2S.HI/c1-3-6-27-17-21-15(18)14(24(25)26)16(22-17)23(2)13-8-10(13)9-4-5-11(19)12(20)7-9;1-2-5-26-16-21-14(17)13(23(24)25)15(22-16)20-12-7-9(12)8-3-4-10(18)11(19)6-8;1-13-10-5-7(10)6-2-3-8(11)9(12)4-6;10-7-2-1-5(3-8(7)11)6-4-9(6)12;2*1-2-3-15-7-10-5(8)4(12(13)14)6(9)11-7;/h4-5,7,10,13H,3,6,8H2,1-2H3;3-4,6,9,12H,2,5,7H2,1H3,(H,20,21,22);2-4,7,10,13H,5H2,1H3;1-3,6,9H,4,12H2;2*2-3H2,1H3;1H/t10-,13+;9-,12+;7-,10+;6-,9+;;;/m0000.../s1. The maximum atomic E-state index is 13.5. The summed E-state index contributed by atoms with van der Waals surface area (Å²) in [6.45, 7) is 8.00. The number of rotatable bonds is 25. The van der Waals surface area contributed by atoms with Crippen molar-refractivity contribution in [3.8, 4) is 0 Å². The molecule has 0 spiro atoms. The SMILES string of the molecule is CCCSc1nc(Cl)c([N+](=O)[O-])c(Cl)n1.CCCSc1nc(Cl)c([N+](=O)[O-])c(Cl)n1.CCCSc1nc(Cl)c([N+](=O)[O-])c(N(C)[C@@H]2C[C@H]2c2ccc(F)c(F)c2)n1.CCCSc1nc(Cl)c([N+](=O)[O-])c(N[C@@H]2C[C@H]2c2ccc(F)c(F)c2)n1.CN[C@@H]1C[C@H]1c1ccc(F)c(F)c1.I.N[C@@H]1C[C@H]1c1ccc(F)c(F)c1. The molecule has 4 aromatic carbocycles. The number of hydrogen-bond acceptors (Lipinski definition) is 24. The Balaban J connectivity index is 0.000000210. The normalized spacial score (nSPS) is 18.0. The van der Waals surface area contributed by atoms with Crippen LogP contribution in [0.15, 0.2) is 93.4 Å². The minimum absolute atomic E-state index is 0. The highest BCUT2D eigenvalue weighted by molar-refractivity contribution is 14.0. The van der Waals surface area contributed by atoms with E-state index >= 15 is 0 Å². The van der Waals surface area contributed by atoms with Gasteiger partial charge in [-0.1, -0.05) is 169 Å². The average molecular weight is 1830 g/mol. The van der Waals surface area contributed by atoms with Gasteiger partial charge in [-0.05, 0) is 129 Å². The number of hydrogen-bond donors (Lipinski definition) is 3. The summed E-state index contributed by atoms with van der Waals surface area (Å²) in [7, 11) is 3.56. The number of aromatic nitrogens is 8. The molecule has 4 aliphatic rings. The molecule has 4 heterocycles. The maximum Gasteiger partial charge on any atom is 0.348 e. The van der Waals surface area contributed by atoms with Crippen molar-refractivity contribution in [3.63, 3.8) is 0 Å². The summed E-state index contributed by atoms with van der Waals surface area (Å²) in [6.07, 6.45) is 6.85. The lowest BCUT2D eigenvalue weighted by molar-refractivity contribution is -0.385. The molecule has 8 atom stereocenters. The van der Waals surface area contributed by atoms with Crippen LogP contribution in [-0.4, -0.2) is 121 Å². The number of thioether (sulfide) groups is 4. The fourth-order valence-corrected chi connectivity index (χ4v) is 14.7. The number of nitrogens with one attached hydrogen (secondary N) is 2. The Hall–Kier alpha value is -6.37. The number of nitro groups is 4. The van der Waals surface area contributed by atoms with Crippen molar-refractivity contribution < 1.29 is 54.8 Å². The van der Waals surface area contributed by atoms with E-state index in [0.29, 0.717) is 56.6 Å². The molecule has 0 saturated heterocycles. The molecule has 43 heteroatoms. The predicted molar refractivity (Wildman–Crippen MR) is 420 cm³/mol. The first kappa shape index (κ1) is 91.5. The zero-order valence-electron chi connectivity index (χ0n) is 58.0. The molecule has 109 heavy (non-hydrogen) atoms. The highest BCUT2D eigenvalue weighted by Crippen LogP contribution is 2.49. The van der Waals surface area contributed by atoms with Crippen LogP contribution >= 0.6 is 141 Å². The first-order chi connectivity index (χ1) is 51.2. The first-order valence-corrected chi connectivity index (χ1v) is 38.9. The number of likely N-dealkylation sites (N-methyl/N-ethyl adjacent to an activating group) is 2. The van der Waals surface area contributed by atoms with Gasteiger partial charge >= 0.3 is 22.7 Å². The molecule has 12 rings (SSSR count). The summed E-state index contributed by atoms with van der Waals surface area (Å²) in [4.78, 5) is 74.5. The zero-order chi connectivity index (χ0) is 79.5. The van der Waals surface area contributed by atoms with Crippen LogP contribution in [0.25, 0.3) is 0 Å². The molecule has 0 amide bonds. The molecule has 588 valence electrons. The zero-order valence-corrected chi connectivity index (χ0v) is 68.2. The molecule has 8 aromatic rings. The maximum absolute atomic E-state index is 13.5. The van der Waals surface area contributed by atoms with Gasteiger partial charge in [-0.2, -0.15) is 9.97 Å². The van der Waals surface area contributed by atoms with Crippen LogP contribution in [0.5, 0.6) is 0 Å². The largest absolute Gasteiger partial charge is 0.361 e. The summed E-state index contributed by atoms with van der Waals surface area (Å²) in [5, 5.41) is 50.0. The van der Waals surface area contributed by atoms with Gasteiger partial charge in [-0.25, -0.2) is 65.0 Å². The van der Waals surface area contributed by atoms with E-state index in [1.807, 2.05) is 34.7 Å². The molecule has 4 aromatic heterocycles. The van der Waals surface area contributed by atoms with E-state index in [1.165, 1.54) is 77.4 Å². The Kier molecular flexibility index (Phi) is 36.1. The molecule has 4 aliphatic carbocycles. The quantitative estimate of drug-likeness (QED) is 0.00910. The third-order valence-electron chi connectivity index (χ3n) is 15.8. The van der Waals surface area contributed by atoms with Crippen molar-refractivity contribution >= 4 is 175 Å². The van der Waals surface area contributed by atoms with E-state index in [0.717, 1.165) is 103 Å². The van der Waals surface area contributed by atoms with Gasteiger partial charge in [-0.3, -0.25) is 40.5 Å². The van der Waals surface area contributed by atoms with Gasteiger partial charge < -0.3 is 21.3 Å². The van der Waals surface area contributed by atoms with Crippen molar-refractivity contribution in [1.82, 2.24) is 45.2 Å². The molecule has 24 nitrogen and oxygen atoms in total. The Morgan fingerprint density at radius 3 is 1.04 bits per heavy atom. The van der Waals surface area contributed by atoms with Crippen LogP contribution in [0.2, 0.25) is 30.9 Å². The van der Waals surface area contributed by atoms with Gasteiger partial charge in [0.25, 0.3) is 0 Å². The smallest absolute Gasteiger partial charge is 0.348 e. The lowest BCUT2D eigenvalue weighted by atomic mass is 10.1. The van der Waals surface area contributed by atoms with E-state index in [-0.39, 0.29) is 114 Å². The molecule has 0 radical (unpaired) electrons. The molecule has 0 unspecified atom stereocenters. The van der Waals surface area contributed by atoms with Crippen LogP contribution < -0.4 is 21.3 Å². The van der Waals surface area contributed by atoms with Crippen LogP contribution in [0.4, 0.5) is 69.5 Å². The third-order valence-corrected chi connectivity index (χ3v) is 21.6. The van der Waals surface area contributed by atoms with E-state index in [2.05, 4.69) is 50.5 Å². The van der Waals surface area contributed by atoms with Crippen molar-refractivity contribution in [2.24, 2.45) is 5.73 Å². The molecule has 4 N–H and O–H groups in total. The second-order valence-corrected chi connectivity index (χ2v) is 30.2. The Labute approximate surface area is 683 Å². The summed E-state index contributed by atoms with van der Waals surface area (Å²) >= 11 is 39.9. The van der Waals surface area contributed by atoms with Crippen molar-refractivity contribution in [1.29, 1.82) is 0 Å². The Morgan fingerprint density at radius 2 is 0.725 bits per heavy atom. The molecule has 4 saturated carbocycles. The summed E-state index contributed by atoms with van der Waals surface area (Å²) in [6, 6.07) is 15.9. The fraction of sp³-hybridized carbons (Fsp3) is 0.394. The minimum Gasteiger partial charge on any atom is -0.361 e. The van der Waals surface area contributed by atoms with Gasteiger partial charge in [-0.15, -0.1) is 24.0 Å². The van der Waals surface area contributed by atoms with Crippen molar-refractivity contribution in [3.05, 3.63) is 213 Å². The van der Waals surface area contributed by atoms with Crippen molar-refractivity contribution in [2.75, 3.05) is 47.3 Å². The molecular formula is C66H67Cl6F8IN16O8S4. The van der Waals surface area contributed by atoms with Crippen LogP contribution in [0, 0.1) is 87.0 Å². The number of benzene rings is 4.